The third-order valence-electron chi connectivity index (χ3n) is 8.83. The van der Waals surface area contributed by atoms with E-state index < -0.39 is 0 Å². The summed E-state index contributed by atoms with van der Waals surface area (Å²) in [5.41, 5.74) is 4.53. The van der Waals surface area contributed by atoms with Crippen molar-refractivity contribution in [3.05, 3.63) is 137 Å². The van der Waals surface area contributed by atoms with Crippen molar-refractivity contribution < 1.29 is 13.8 Å². The maximum absolute atomic E-state index is 6.93. The highest BCUT2D eigenvalue weighted by Crippen LogP contribution is 2.52. The standard InChI is InChI=1S/C40H39ClO3P2/c1-6-40(4,30-19-23-32(42-5)24-20-30)46-44-36-26-16-28-12-8-10-14-34(28)38(36)37-33-13-9-7-11-27(33)15-25-35(37)43-45-39(2,3)29-17-21-31(41)22-18-29/h7-26,45-46H,6H2,1-5H3. The van der Waals surface area contributed by atoms with Gasteiger partial charge in [0.2, 0.25) is 0 Å². The summed E-state index contributed by atoms with van der Waals surface area (Å²) in [7, 11) is 2.07. The van der Waals surface area contributed by atoms with E-state index in [1.807, 2.05) is 24.3 Å². The molecule has 46 heavy (non-hydrogen) atoms. The molecule has 6 aromatic carbocycles. The third-order valence-corrected chi connectivity index (χ3v) is 11.6. The highest BCUT2D eigenvalue weighted by molar-refractivity contribution is 7.34. The fourth-order valence-corrected chi connectivity index (χ4v) is 7.64. The van der Waals surface area contributed by atoms with Gasteiger partial charge in [-0.3, -0.25) is 0 Å². The van der Waals surface area contributed by atoms with E-state index in [1.165, 1.54) is 11.1 Å². The largest absolute Gasteiger partial charge is 0.497 e. The van der Waals surface area contributed by atoms with Gasteiger partial charge < -0.3 is 13.8 Å². The number of halogens is 1. The molecule has 3 unspecified atom stereocenters. The third kappa shape index (κ3) is 6.61. The summed E-state index contributed by atoms with van der Waals surface area (Å²) in [6.45, 7) is 8.93. The Morgan fingerprint density at radius 2 is 1.09 bits per heavy atom. The first kappa shape index (κ1) is 32.3. The normalized spacial score (nSPS) is 13.5. The molecule has 3 nitrogen and oxygen atoms in total. The maximum Gasteiger partial charge on any atom is 0.131 e. The number of hydrogen-bond acceptors (Lipinski definition) is 3. The molecule has 0 saturated heterocycles. The number of fused-ring (bicyclic) bond motifs is 2. The zero-order valence-corrected chi connectivity index (χ0v) is 29.6. The Labute approximate surface area is 281 Å². The molecule has 0 aliphatic rings. The molecule has 0 aliphatic carbocycles. The minimum absolute atomic E-state index is 0.169. The molecule has 6 rings (SSSR count). The molecule has 234 valence electrons. The molecule has 0 fully saturated rings. The Balaban J connectivity index is 1.45. The van der Waals surface area contributed by atoms with E-state index in [-0.39, 0.29) is 27.9 Å². The van der Waals surface area contributed by atoms with Crippen LogP contribution in [0.5, 0.6) is 17.2 Å². The Hall–Kier alpha value is -3.61. The molecular formula is C40H39ClO3P2. The lowest BCUT2D eigenvalue weighted by atomic mass is 9.92. The van der Waals surface area contributed by atoms with Crippen molar-refractivity contribution in [3.8, 4) is 28.4 Å². The van der Waals surface area contributed by atoms with E-state index in [0.29, 0.717) is 0 Å². The minimum Gasteiger partial charge on any atom is -0.497 e. The Morgan fingerprint density at radius 3 is 1.61 bits per heavy atom. The Morgan fingerprint density at radius 1 is 0.587 bits per heavy atom. The molecule has 3 atom stereocenters. The molecule has 0 radical (unpaired) electrons. The predicted molar refractivity (Wildman–Crippen MR) is 200 cm³/mol. The first-order valence-electron chi connectivity index (χ1n) is 15.5. The number of rotatable bonds is 11. The molecule has 0 heterocycles. The van der Waals surface area contributed by atoms with Gasteiger partial charge in [0.25, 0.3) is 0 Å². The van der Waals surface area contributed by atoms with E-state index in [1.54, 1.807) is 7.11 Å². The summed E-state index contributed by atoms with van der Waals surface area (Å²) in [5.74, 6) is 2.55. The van der Waals surface area contributed by atoms with Crippen LogP contribution in [0, 0.1) is 0 Å². The molecule has 6 aromatic rings. The maximum atomic E-state index is 6.93. The van der Waals surface area contributed by atoms with Gasteiger partial charge in [-0.2, -0.15) is 0 Å². The molecule has 0 bridgehead atoms. The van der Waals surface area contributed by atoms with Crippen LogP contribution in [-0.2, 0) is 10.3 Å². The van der Waals surface area contributed by atoms with E-state index in [4.69, 9.17) is 25.4 Å². The highest BCUT2D eigenvalue weighted by Gasteiger charge is 2.29. The predicted octanol–water partition coefficient (Wildman–Crippen LogP) is 12.5. The average Bonchev–Trinajstić information content (AvgIpc) is 3.09. The summed E-state index contributed by atoms with van der Waals surface area (Å²) < 4.78 is 19.2. The van der Waals surface area contributed by atoms with Gasteiger partial charge in [0.05, 0.1) is 24.7 Å². The molecule has 0 aromatic heterocycles. The van der Waals surface area contributed by atoms with Crippen LogP contribution in [0.4, 0.5) is 0 Å². The average molecular weight is 665 g/mol. The fourth-order valence-electron chi connectivity index (χ4n) is 5.76. The quantitative estimate of drug-likeness (QED) is 0.129. The lowest BCUT2D eigenvalue weighted by Crippen LogP contribution is -2.15. The Bertz CT molecular complexity index is 1970. The lowest BCUT2D eigenvalue weighted by Gasteiger charge is -2.29. The van der Waals surface area contributed by atoms with Crippen LogP contribution in [0.3, 0.4) is 0 Å². The van der Waals surface area contributed by atoms with Crippen LogP contribution in [0.15, 0.2) is 121 Å². The van der Waals surface area contributed by atoms with Gasteiger partial charge in [0.15, 0.2) is 0 Å². The molecule has 6 heteroatoms. The van der Waals surface area contributed by atoms with E-state index >= 15 is 0 Å². The summed E-state index contributed by atoms with van der Waals surface area (Å²) in [6.07, 6.45) is 0.935. The summed E-state index contributed by atoms with van der Waals surface area (Å²) in [6, 6.07) is 42.0. The van der Waals surface area contributed by atoms with Crippen LogP contribution in [0.2, 0.25) is 5.02 Å². The number of hydrogen-bond donors (Lipinski definition) is 0. The van der Waals surface area contributed by atoms with Crippen LogP contribution in [0.25, 0.3) is 32.7 Å². The molecule has 0 spiro atoms. The summed E-state index contributed by atoms with van der Waals surface area (Å²) >= 11 is 6.21. The minimum atomic E-state index is -0.214. The number of methoxy groups -OCH3 is 1. The lowest BCUT2D eigenvalue weighted by molar-refractivity contribution is 0.414. The van der Waals surface area contributed by atoms with Gasteiger partial charge in [0, 0.05) is 26.5 Å². The van der Waals surface area contributed by atoms with Crippen molar-refractivity contribution >= 4 is 50.8 Å². The first-order chi connectivity index (χ1) is 22.2. The van der Waals surface area contributed by atoms with Crippen LogP contribution < -0.4 is 13.8 Å². The molecule has 0 amide bonds. The van der Waals surface area contributed by atoms with Crippen LogP contribution >= 0.6 is 29.2 Å². The van der Waals surface area contributed by atoms with Crippen molar-refractivity contribution in [3.63, 3.8) is 0 Å². The monoisotopic (exact) mass is 664 g/mol. The van der Waals surface area contributed by atoms with Crippen molar-refractivity contribution in [1.82, 2.24) is 0 Å². The second-order valence-electron chi connectivity index (χ2n) is 12.3. The van der Waals surface area contributed by atoms with Gasteiger partial charge in [-0.1, -0.05) is 103 Å². The molecule has 0 saturated carbocycles. The van der Waals surface area contributed by atoms with Gasteiger partial charge >= 0.3 is 0 Å². The van der Waals surface area contributed by atoms with Crippen molar-refractivity contribution in [1.29, 1.82) is 0 Å². The second-order valence-corrected chi connectivity index (χ2v) is 15.9. The SMILES string of the molecule is CCC(C)(POc1ccc2ccccc2c1-c1c(OPC(C)(C)c2ccc(Cl)cc2)ccc2ccccc12)c1ccc(OC)cc1. The zero-order valence-electron chi connectivity index (χ0n) is 26.9. The van der Waals surface area contributed by atoms with E-state index in [0.717, 1.165) is 61.4 Å². The smallest absolute Gasteiger partial charge is 0.131 e. The second kappa shape index (κ2) is 13.6. The molecular weight excluding hydrogens is 626 g/mol. The Kier molecular flexibility index (Phi) is 9.58. The first-order valence-corrected chi connectivity index (χ1v) is 17.7. The summed E-state index contributed by atoms with van der Waals surface area (Å²) in [5, 5.41) is 4.93. The van der Waals surface area contributed by atoms with Gasteiger partial charge in [-0.15, -0.1) is 0 Å². The van der Waals surface area contributed by atoms with Gasteiger partial charge in [-0.05, 0) is 96.3 Å². The van der Waals surface area contributed by atoms with E-state index in [9.17, 15) is 0 Å². The number of benzene rings is 6. The fraction of sp³-hybridized carbons (Fsp3) is 0.200. The zero-order chi connectivity index (χ0) is 32.3. The topological polar surface area (TPSA) is 27.7 Å². The van der Waals surface area contributed by atoms with Gasteiger partial charge in [-0.25, -0.2) is 0 Å². The van der Waals surface area contributed by atoms with Gasteiger partial charge in [0.1, 0.15) is 17.2 Å². The van der Waals surface area contributed by atoms with E-state index in [2.05, 4.69) is 125 Å². The highest BCUT2D eigenvalue weighted by atomic mass is 35.5. The molecule has 0 N–H and O–H groups in total. The summed E-state index contributed by atoms with van der Waals surface area (Å²) in [4.78, 5) is 0. The van der Waals surface area contributed by atoms with Crippen LogP contribution in [-0.4, -0.2) is 7.11 Å². The molecule has 0 aliphatic heterocycles. The van der Waals surface area contributed by atoms with Crippen molar-refractivity contribution in [2.24, 2.45) is 0 Å². The van der Waals surface area contributed by atoms with Crippen molar-refractivity contribution in [2.45, 2.75) is 44.4 Å². The van der Waals surface area contributed by atoms with Crippen LogP contribution in [0.1, 0.15) is 45.2 Å². The number of ether oxygens (including phenoxy) is 1. The van der Waals surface area contributed by atoms with Crippen molar-refractivity contribution in [2.75, 3.05) is 7.11 Å².